The lowest BCUT2D eigenvalue weighted by atomic mass is 10.1. The Morgan fingerprint density at radius 2 is 1.71 bits per heavy atom. The number of aromatic nitrogens is 3. The lowest BCUT2D eigenvalue weighted by Crippen LogP contribution is -2.21. The quantitative estimate of drug-likeness (QED) is 0.397. The molecule has 4 rings (SSSR count). The number of carbonyl (C=O) groups is 2. The number of benzene rings is 2. The van der Waals surface area contributed by atoms with Crippen LogP contribution in [0, 0.1) is 0 Å². The van der Waals surface area contributed by atoms with Crippen LogP contribution in [0.15, 0.2) is 60.8 Å². The Bertz CT molecular complexity index is 1310. The van der Waals surface area contributed by atoms with Crippen molar-refractivity contribution < 1.29 is 23.8 Å². The third kappa shape index (κ3) is 4.83. The van der Waals surface area contributed by atoms with Crippen molar-refractivity contribution in [3.63, 3.8) is 0 Å². The number of carbonyl (C=O) groups excluding carboxylic acids is 2. The molecule has 0 aliphatic rings. The molecular weight excluding hydrogens is 436 g/mol. The Balaban J connectivity index is 1.55. The topological polar surface area (TPSA) is 105 Å². The highest BCUT2D eigenvalue weighted by atomic mass is 16.5. The van der Waals surface area contributed by atoms with Crippen molar-refractivity contribution in [2.24, 2.45) is 0 Å². The summed E-state index contributed by atoms with van der Waals surface area (Å²) in [4.78, 5) is 30.1. The number of hydrogen-bond donors (Lipinski definition) is 1. The molecule has 0 saturated heterocycles. The van der Waals surface area contributed by atoms with Gasteiger partial charge in [-0.15, -0.1) is 0 Å². The van der Waals surface area contributed by atoms with E-state index in [4.69, 9.17) is 19.2 Å². The number of nitrogens with one attached hydrogen (secondary N) is 1. The van der Waals surface area contributed by atoms with Gasteiger partial charge < -0.3 is 19.5 Å². The van der Waals surface area contributed by atoms with E-state index < -0.39 is 18.5 Å². The third-order valence-corrected chi connectivity index (χ3v) is 5.17. The minimum absolute atomic E-state index is 0.291. The molecule has 0 radical (unpaired) electrons. The van der Waals surface area contributed by atoms with E-state index in [0.717, 1.165) is 5.56 Å². The molecule has 2 heterocycles. The predicted octanol–water partition coefficient (Wildman–Crippen LogP) is 3.93. The maximum atomic E-state index is 13.0. The molecule has 0 aliphatic carbocycles. The van der Waals surface area contributed by atoms with E-state index in [1.165, 1.54) is 14.2 Å². The van der Waals surface area contributed by atoms with Gasteiger partial charge in [0, 0.05) is 36.0 Å². The van der Waals surface area contributed by atoms with Crippen LogP contribution in [0.25, 0.3) is 22.3 Å². The SMILES string of the molecule is CCn1ncc2c(C(=O)OCC(=O)Nc3cc(OC)cc(OC)c3)cc(-c3ccccc3)nc21. The van der Waals surface area contributed by atoms with Gasteiger partial charge in [-0.05, 0) is 13.0 Å². The first-order valence-electron chi connectivity index (χ1n) is 10.6. The van der Waals surface area contributed by atoms with Crippen LogP contribution in [-0.2, 0) is 16.1 Å². The van der Waals surface area contributed by atoms with Crippen molar-refractivity contribution >= 4 is 28.6 Å². The fraction of sp³-hybridized carbons (Fsp3) is 0.200. The fourth-order valence-corrected chi connectivity index (χ4v) is 3.49. The number of amides is 1. The molecule has 174 valence electrons. The smallest absolute Gasteiger partial charge is 0.339 e. The zero-order valence-electron chi connectivity index (χ0n) is 19.1. The van der Waals surface area contributed by atoms with Gasteiger partial charge in [-0.3, -0.25) is 4.79 Å². The molecule has 9 heteroatoms. The Kier molecular flexibility index (Phi) is 6.72. The van der Waals surface area contributed by atoms with Crippen molar-refractivity contribution in [2.45, 2.75) is 13.5 Å². The van der Waals surface area contributed by atoms with Crippen molar-refractivity contribution in [3.05, 3.63) is 66.4 Å². The summed E-state index contributed by atoms with van der Waals surface area (Å²) in [6.07, 6.45) is 1.58. The van der Waals surface area contributed by atoms with Crippen LogP contribution in [0.4, 0.5) is 5.69 Å². The van der Waals surface area contributed by atoms with Gasteiger partial charge in [-0.1, -0.05) is 30.3 Å². The Morgan fingerprint density at radius 1 is 1.00 bits per heavy atom. The number of pyridine rings is 1. The number of hydrogen-bond acceptors (Lipinski definition) is 7. The van der Waals surface area contributed by atoms with E-state index in [-0.39, 0.29) is 0 Å². The van der Waals surface area contributed by atoms with E-state index >= 15 is 0 Å². The zero-order valence-corrected chi connectivity index (χ0v) is 19.1. The van der Waals surface area contributed by atoms with Crippen molar-refractivity contribution in [2.75, 3.05) is 26.1 Å². The minimum Gasteiger partial charge on any atom is -0.497 e. The maximum Gasteiger partial charge on any atom is 0.339 e. The number of methoxy groups -OCH3 is 2. The van der Waals surface area contributed by atoms with Gasteiger partial charge in [0.25, 0.3) is 5.91 Å². The normalized spacial score (nSPS) is 10.7. The molecule has 0 fully saturated rings. The molecule has 4 aromatic rings. The first-order valence-corrected chi connectivity index (χ1v) is 10.6. The number of fused-ring (bicyclic) bond motifs is 1. The van der Waals surface area contributed by atoms with E-state index in [9.17, 15) is 9.59 Å². The summed E-state index contributed by atoms with van der Waals surface area (Å²) in [5.41, 5.74) is 2.79. The van der Waals surface area contributed by atoms with E-state index in [1.807, 2.05) is 37.3 Å². The highest BCUT2D eigenvalue weighted by Gasteiger charge is 2.19. The van der Waals surface area contributed by atoms with E-state index in [0.29, 0.717) is 46.0 Å². The van der Waals surface area contributed by atoms with Crippen LogP contribution in [0.3, 0.4) is 0 Å². The number of aryl methyl sites for hydroxylation is 1. The van der Waals surface area contributed by atoms with Crippen LogP contribution in [0.5, 0.6) is 11.5 Å². The first-order chi connectivity index (χ1) is 16.5. The number of rotatable bonds is 8. The minimum atomic E-state index is -0.640. The molecule has 0 bridgehead atoms. The fourth-order valence-electron chi connectivity index (χ4n) is 3.49. The monoisotopic (exact) mass is 460 g/mol. The van der Waals surface area contributed by atoms with Crippen LogP contribution in [0.2, 0.25) is 0 Å². The van der Waals surface area contributed by atoms with Crippen molar-refractivity contribution in [1.29, 1.82) is 0 Å². The summed E-state index contributed by atoms with van der Waals surface area (Å²) >= 11 is 0. The number of anilines is 1. The molecule has 0 atom stereocenters. The average molecular weight is 460 g/mol. The number of nitrogens with zero attached hydrogens (tertiary/aromatic N) is 3. The first kappa shape index (κ1) is 22.8. The van der Waals surface area contributed by atoms with Gasteiger partial charge in [0.05, 0.1) is 37.1 Å². The van der Waals surface area contributed by atoms with Gasteiger partial charge in [0.15, 0.2) is 12.3 Å². The molecule has 34 heavy (non-hydrogen) atoms. The average Bonchev–Trinajstić information content (AvgIpc) is 3.30. The molecular formula is C25H24N4O5. The van der Waals surface area contributed by atoms with Crippen LogP contribution in [0.1, 0.15) is 17.3 Å². The largest absolute Gasteiger partial charge is 0.497 e. The zero-order chi connectivity index (χ0) is 24.1. The van der Waals surface area contributed by atoms with Gasteiger partial charge in [0.2, 0.25) is 0 Å². The Labute approximate surface area is 196 Å². The molecule has 0 unspecified atom stereocenters. The molecule has 0 saturated carbocycles. The second kappa shape index (κ2) is 10.0. The summed E-state index contributed by atoms with van der Waals surface area (Å²) in [6, 6.07) is 16.1. The summed E-state index contributed by atoms with van der Waals surface area (Å²) < 4.78 is 17.5. The summed E-state index contributed by atoms with van der Waals surface area (Å²) in [7, 11) is 3.03. The Morgan fingerprint density at radius 3 is 2.35 bits per heavy atom. The van der Waals surface area contributed by atoms with Crippen molar-refractivity contribution in [1.82, 2.24) is 14.8 Å². The van der Waals surface area contributed by atoms with Gasteiger partial charge in [-0.25, -0.2) is 14.5 Å². The third-order valence-electron chi connectivity index (χ3n) is 5.17. The second-order valence-corrected chi connectivity index (χ2v) is 7.34. The van der Waals surface area contributed by atoms with Crippen LogP contribution < -0.4 is 14.8 Å². The number of esters is 1. The lowest BCUT2D eigenvalue weighted by molar-refractivity contribution is -0.119. The van der Waals surface area contributed by atoms with Crippen LogP contribution in [-0.4, -0.2) is 47.5 Å². The lowest BCUT2D eigenvalue weighted by Gasteiger charge is -2.11. The molecule has 0 aliphatic heterocycles. The maximum absolute atomic E-state index is 13.0. The van der Waals surface area contributed by atoms with Crippen molar-refractivity contribution in [3.8, 4) is 22.8 Å². The summed E-state index contributed by atoms with van der Waals surface area (Å²) in [6.45, 7) is 2.07. The molecule has 9 nitrogen and oxygen atoms in total. The van der Waals surface area contributed by atoms with E-state index in [2.05, 4.69) is 10.4 Å². The van der Waals surface area contributed by atoms with Gasteiger partial charge >= 0.3 is 5.97 Å². The van der Waals surface area contributed by atoms with Crippen LogP contribution >= 0.6 is 0 Å². The van der Waals surface area contributed by atoms with Gasteiger partial charge in [0.1, 0.15) is 11.5 Å². The highest BCUT2D eigenvalue weighted by Crippen LogP contribution is 2.27. The molecule has 2 aromatic carbocycles. The standard InChI is InChI=1S/C25H24N4O5/c1-4-29-24-21(14-26-29)20(13-22(28-24)16-8-6-5-7-9-16)25(31)34-15-23(30)27-17-10-18(32-2)12-19(11-17)33-3/h5-14H,4,15H2,1-3H3,(H,27,30). The summed E-state index contributed by atoms with van der Waals surface area (Å²) in [5, 5.41) is 7.56. The predicted molar refractivity (Wildman–Crippen MR) is 127 cm³/mol. The van der Waals surface area contributed by atoms with Gasteiger partial charge in [-0.2, -0.15) is 5.10 Å². The van der Waals surface area contributed by atoms with E-state index in [1.54, 1.807) is 35.1 Å². The second-order valence-electron chi connectivity index (χ2n) is 7.34. The Hall–Kier alpha value is -4.40. The summed E-state index contributed by atoms with van der Waals surface area (Å²) in [5.74, 6) is -0.0977. The number of ether oxygens (including phenoxy) is 3. The highest BCUT2D eigenvalue weighted by molar-refractivity contribution is 6.04. The molecule has 1 amide bonds. The molecule has 1 N–H and O–H groups in total. The molecule has 2 aromatic heterocycles. The molecule has 0 spiro atoms.